The van der Waals surface area contributed by atoms with E-state index in [1.807, 2.05) is 12.1 Å². The minimum Gasteiger partial charge on any atom is -0.508 e. The van der Waals surface area contributed by atoms with Gasteiger partial charge in [-0.25, -0.2) is 0 Å². The number of aryl methyl sites for hydroxylation is 1. The van der Waals surface area contributed by atoms with Gasteiger partial charge in [-0.3, -0.25) is 4.79 Å². The monoisotopic (exact) mass is 357 g/mol. The first-order valence-electron chi connectivity index (χ1n) is 10.1. The summed E-state index contributed by atoms with van der Waals surface area (Å²) in [5.41, 5.74) is 2.64. The van der Waals surface area contributed by atoms with Gasteiger partial charge in [0.05, 0.1) is 6.10 Å². The summed E-state index contributed by atoms with van der Waals surface area (Å²) in [6.45, 7) is 2.28. The van der Waals surface area contributed by atoms with Crippen LogP contribution in [0.3, 0.4) is 0 Å². The minimum atomic E-state index is -0.211. The molecular formula is C22H31NO3. The van der Waals surface area contributed by atoms with E-state index in [9.17, 15) is 15.0 Å². The maximum atomic E-state index is 11.9. The summed E-state index contributed by atoms with van der Waals surface area (Å²) in [5.74, 6) is 2.46. The molecule has 0 aromatic heterocycles. The second-order valence-corrected chi connectivity index (χ2v) is 8.99. The van der Waals surface area contributed by atoms with Crippen LogP contribution in [0.5, 0.6) is 5.75 Å². The average molecular weight is 357 g/mol. The van der Waals surface area contributed by atoms with Crippen molar-refractivity contribution in [2.45, 2.75) is 63.9 Å². The lowest BCUT2D eigenvalue weighted by molar-refractivity contribution is -0.121. The lowest BCUT2D eigenvalue weighted by Gasteiger charge is -2.54. The lowest BCUT2D eigenvalue weighted by Crippen LogP contribution is -2.48. The first-order valence-corrected chi connectivity index (χ1v) is 10.1. The number of amides is 1. The highest BCUT2D eigenvalue weighted by molar-refractivity contribution is 5.75. The van der Waals surface area contributed by atoms with E-state index in [-0.39, 0.29) is 17.4 Å². The van der Waals surface area contributed by atoms with E-state index in [4.69, 9.17) is 0 Å². The number of aliphatic hydroxyl groups excluding tert-OH is 1. The van der Waals surface area contributed by atoms with Gasteiger partial charge in [-0.05, 0) is 90.9 Å². The summed E-state index contributed by atoms with van der Waals surface area (Å²) in [6, 6.07) is 5.86. The number of aromatic hydroxyl groups is 1. The first kappa shape index (κ1) is 17.8. The highest BCUT2D eigenvalue weighted by Gasteiger charge is 2.57. The zero-order chi connectivity index (χ0) is 18.5. The van der Waals surface area contributed by atoms with E-state index >= 15 is 0 Å². The van der Waals surface area contributed by atoms with Crippen molar-refractivity contribution in [1.29, 1.82) is 0 Å². The van der Waals surface area contributed by atoms with E-state index < -0.39 is 0 Å². The van der Waals surface area contributed by atoms with Crippen LogP contribution in [0.25, 0.3) is 0 Å². The quantitative estimate of drug-likeness (QED) is 0.777. The number of carbonyl (C=O) groups excluding carboxylic acids is 1. The number of carbonyl (C=O) groups is 1. The fraction of sp³-hybridized carbons (Fsp3) is 0.682. The molecule has 0 spiro atoms. The van der Waals surface area contributed by atoms with Crippen LogP contribution in [-0.2, 0) is 11.2 Å². The molecule has 4 heteroatoms. The zero-order valence-corrected chi connectivity index (χ0v) is 15.9. The van der Waals surface area contributed by atoms with E-state index in [0.717, 1.165) is 38.5 Å². The van der Waals surface area contributed by atoms with E-state index in [0.29, 0.717) is 35.8 Å². The molecule has 0 radical (unpaired) electrons. The number of hydrogen-bond acceptors (Lipinski definition) is 3. The normalized spacial score (nSPS) is 38.2. The third-order valence-electron chi connectivity index (χ3n) is 7.80. The maximum Gasteiger partial charge on any atom is 0.219 e. The minimum absolute atomic E-state index is 0.0110. The van der Waals surface area contributed by atoms with Crippen molar-refractivity contribution in [3.05, 3.63) is 29.3 Å². The number of benzene rings is 1. The highest BCUT2D eigenvalue weighted by atomic mass is 16.3. The summed E-state index contributed by atoms with van der Waals surface area (Å²) in [4.78, 5) is 11.9. The van der Waals surface area contributed by atoms with Gasteiger partial charge in [-0.15, -0.1) is 0 Å². The number of hydrogen-bond donors (Lipinski definition) is 3. The van der Waals surface area contributed by atoms with Crippen LogP contribution in [0.1, 0.15) is 62.5 Å². The van der Waals surface area contributed by atoms with Crippen LogP contribution < -0.4 is 5.32 Å². The molecule has 2 fully saturated rings. The molecule has 3 aliphatic rings. The van der Waals surface area contributed by atoms with Crippen molar-refractivity contribution in [2.24, 2.45) is 23.2 Å². The van der Waals surface area contributed by atoms with Gasteiger partial charge in [-0.1, -0.05) is 13.0 Å². The molecule has 3 aliphatic carbocycles. The van der Waals surface area contributed by atoms with Crippen molar-refractivity contribution >= 4 is 5.91 Å². The molecule has 26 heavy (non-hydrogen) atoms. The molecule has 4 rings (SSSR count). The Kier molecular flexibility index (Phi) is 4.50. The average Bonchev–Trinajstić information content (AvgIpc) is 2.93. The molecule has 1 amide bonds. The SMILES string of the molecule is CNC(=O)CC[C@H]1C[C@]2(C)[C@@H](O)CC[C@H]2[C@@H]2CCc3cc(O)ccc3[C@@H]12. The number of phenolic OH excluding ortho intramolecular Hbond substituents is 1. The number of nitrogens with one attached hydrogen (secondary N) is 1. The van der Waals surface area contributed by atoms with Crippen molar-refractivity contribution in [3.8, 4) is 5.75 Å². The second kappa shape index (κ2) is 6.56. The molecule has 142 valence electrons. The van der Waals surface area contributed by atoms with Gasteiger partial charge in [0.15, 0.2) is 0 Å². The van der Waals surface area contributed by atoms with E-state index in [1.54, 1.807) is 7.05 Å². The van der Waals surface area contributed by atoms with Crippen LogP contribution in [0.2, 0.25) is 0 Å². The number of aliphatic hydroxyl groups is 1. The van der Waals surface area contributed by atoms with Crippen LogP contribution in [-0.4, -0.2) is 29.3 Å². The smallest absolute Gasteiger partial charge is 0.219 e. The van der Waals surface area contributed by atoms with Crippen LogP contribution in [0, 0.1) is 23.2 Å². The summed E-state index contributed by atoms with van der Waals surface area (Å²) in [6.07, 6.45) is 6.38. The number of rotatable bonds is 3. The van der Waals surface area contributed by atoms with Gasteiger partial charge in [-0.2, -0.15) is 0 Å². The molecule has 2 saturated carbocycles. The second-order valence-electron chi connectivity index (χ2n) is 8.99. The van der Waals surface area contributed by atoms with Crippen molar-refractivity contribution < 1.29 is 15.0 Å². The Labute approximate surface area is 156 Å². The third kappa shape index (κ3) is 2.74. The van der Waals surface area contributed by atoms with Gasteiger partial charge in [0.1, 0.15) is 5.75 Å². The zero-order valence-electron chi connectivity index (χ0n) is 15.9. The largest absolute Gasteiger partial charge is 0.508 e. The van der Waals surface area contributed by atoms with E-state index in [2.05, 4.69) is 18.3 Å². The van der Waals surface area contributed by atoms with Crippen LogP contribution in [0.15, 0.2) is 18.2 Å². The molecule has 0 bridgehead atoms. The molecular weight excluding hydrogens is 326 g/mol. The Hall–Kier alpha value is -1.55. The fourth-order valence-electron chi connectivity index (χ4n) is 6.57. The topological polar surface area (TPSA) is 69.6 Å². The van der Waals surface area contributed by atoms with Crippen molar-refractivity contribution in [1.82, 2.24) is 5.32 Å². The third-order valence-corrected chi connectivity index (χ3v) is 7.80. The number of fused-ring (bicyclic) bond motifs is 5. The molecule has 4 nitrogen and oxygen atoms in total. The van der Waals surface area contributed by atoms with Crippen molar-refractivity contribution in [2.75, 3.05) is 7.05 Å². The van der Waals surface area contributed by atoms with Gasteiger partial charge in [0.25, 0.3) is 0 Å². The van der Waals surface area contributed by atoms with Crippen LogP contribution >= 0.6 is 0 Å². The Morgan fingerprint density at radius 1 is 1.31 bits per heavy atom. The number of phenols is 1. The van der Waals surface area contributed by atoms with Gasteiger partial charge in [0, 0.05) is 13.5 Å². The Morgan fingerprint density at radius 3 is 2.88 bits per heavy atom. The van der Waals surface area contributed by atoms with Crippen LogP contribution in [0.4, 0.5) is 0 Å². The summed E-state index contributed by atoms with van der Waals surface area (Å²) in [5, 5.41) is 23.4. The molecule has 0 saturated heterocycles. The highest BCUT2D eigenvalue weighted by Crippen LogP contribution is 2.63. The lowest BCUT2D eigenvalue weighted by atomic mass is 9.51. The molecule has 1 aromatic carbocycles. The molecule has 0 unspecified atom stereocenters. The first-order chi connectivity index (χ1) is 12.4. The molecule has 0 aliphatic heterocycles. The summed E-state index contributed by atoms with van der Waals surface area (Å²) < 4.78 is 0. The predicted octanol–water partition coefficient (Wildman–Crippen LogP) is 3.36. The Bertz CT molecular complexity index is 703. The standard InChI is InChI=1S/C22H31NO3/c1-22-12-14(4-10-20(26)23-2)21-16-7-5-15(24)11-13(16)3-6-17(21)18(22)8-9-19(22)25/h5,7,11,14,17-19,21,24-25H,3-4,6,8-10,12H2,1-2H3,(H,23,26)/t14-,17-,18-,19-,21+,22-/m0/s1. The van der Waals surface area contributed by atoms with Crippen molar-refractivity contribution in [3.63, 3.8) is 0 Å². The summed E-state index contributed by atoms with van der Waals surface area (Å²) in [7, 11) is 1.70. The molecule has 1 aromatic rings. The predicted molar refractivity (Wildman–Crippen MR) is 101 cm³/mol. The Morgan fingerprint density at radius 2 is 2.12 bits per heavy atom. The molecule has 6 atom stereocenters. The fourth-order valence-corrected chi connectivity index (χ4v) is 6.57. The molecule has 0 heterocycles. The van der Waals surface area contributed by atoms with Gasteiger partial charge < -0.3 is 15.5 Å². The van der Waals surface area contributed by atoms with Gasteiger partial charge in [0.2, 0.25) is 5.91 Å². The maximum absolute atomic E-state index is 11.9. The Balaban J connectivity index is 1.70. The summed E-state index contributed by atoms with van der Waals surface area (Å²) >= 11 is 0. The van der Waals surface area contributed by atoms with E-state index in [1.165, 1.54) is 11.1 Å². The van der Waals surface area contributed by atoms with Gasteiger partial charge >= 0.3 is 0 Å². The molecule has 3 N–H and O–H groups in total.